The highest BCUT2D eigenvalue weighted by atomic mass is 16.7. The summed E-state index contributed by atoms with van der Waals surface area (Å²) in [4.78, 5) is 12.3. The van der Waals surface area contributed by atoms with Crippen LogP contribution in [0.3, 0.4) is 0 Å². The Morgan fingerprint density at radius 1 is 0.833 bits per heavy atom. The number of aldehydes is 1. The van der Waals surface area contributed by atoms with Crippen molar-refractivity contribution in [1.29, 1.82) is 0 Å². The van der Waals surface area contributed by atoms with Crippen LogP contribution in [0.4, 0.5) is 0 Å². The van der Waals surface area contributed by atoms with Gasteiger partial charge in [-0.15, -0.1) is 6.58 Å². The van der Waals surface area contributed by atoms with E-state index in [-0.39, 0.29) is 0 Å². The number of methoxy groups -OCH3 is 1. The predicted molar refractivity (Wildman–Crippen MR) is 189 cm³/mol. The molecule has 0 spiro atoms. The fourth-order valence-electron chi connectivity index (χ4n) is 6.27. The Balaban J connectivity index is 1.39. The minimum atomic E-state index is -1.37. The maximum absolute atomic E-state index is 12.3. The van der Waals surface area contributed by atoms with Crippen LogP contribution in [0.2, 0.25) is 0 Å². The van der Waals surface area contributed by atoms with Crippen LogP contribution in [0.15, 0.2) is 116 Å². The second-order valence-corrected chi connectivity index (χ2v) is 12.4. The number of rotatable bonds is 18. The molecule has 1 aliphatic heterocycles. The summed E-state index contributed by atoms with van der Waals surface area (Å²) in [5.41, 5.74) is 7.71. The number of hydrogen-bond acceptors (Lipinski definition) is 6. The minimum absolute atomic E-state index is 0.337. The first-order valence-electron chi connectivity index (χ1n) is 16.9. The molecule has 1 heterocycles. The number of unbranched alkanes of at least 4 members (excludes halogenated alkanes) is 1. The first-order chi connectivity index (χ1) is 23.5. The van der Waals surface area contributed by atoms with Gasteiger partial charge in [0.05, 0.1) is 25.9 Å². The molecule has 0 N–H and O–H groups in total. The second kappa shape index (κ2) is 18.0. The van der Waals surface area contributed by atoms with Gasteiger partial charge < -0.3 is 28.5 Å². The molecule has 0 saturated carbocycles. The summed E-state index contributed by atoms with van der Waals surface area (Å²) < 4.78 is 31.6. The van der Waals surface area contributed by atoms with Crippen LogP contribution in [0, 0.1) is 6.92 Å². The average molecular weight is 649 g/mol. The third kappa shape index (κ3) is 9.37. The van der Waals surface area contributed by atoms with Crippen LogP contribution in [-0.2, 0) is 60.3 Å². The van der Waals surface area contributed by atoms with Gasteiger partial charge in [-0.3, -0.25) is 0 Å². The third-order valence-corrected chi connectivity index (χ3v) is 8.95. The lowest BCUT2D eigenvalue weighted by Gasteiger charge is -2.48. The van der Waals surface area contributed by atoms with Crippen molar-refractivity contribution in [3.63, 3.8) is 0 Å². The van der Waals surface area contributed by atoms with Crippen molar-refractivity contribution in [3.8, 4) is 0 Å². The van der Waals surface area contributed by atoms with Crippen LogP contribution in [0.25, 0.3) is 0 Å². The van der Waals surface area contributed by atoms with E-state index in [9.17, 15) is 4.79 Å². The monoisotopic (exact) mass is 648 g/mol. The lowest BCUT2D eigenvalue weighted by atomic mass is 9.87. The Hall–Kier alpha value is -3.91. The normalized spacial score (nSPS) is 20.8. The highest BCUT2D eigenvalue weighted by molar-refractivity contribution is 5.57. The topological polar surface area (TPSA) is 63.2 Å². The van der Waals surface area contributed by atoms with Crippen LogP contribution in [0.1, 0.15) is 58.2 Å². The maximum atomic E-state index is 12.3. The number of aryl methyl sites for hydroxylation is 2. The molecular weight excluding hydrogens is 600 g/mol. The Kier molecular flexibility index (Phi) is 13.3. The number of carbonyl (C=O) groups excluding carboxylic acids is 1. The van der Waals surface area contributed by atoms with Crippen molar-refractivity contribution in [1.82, 2.24) is 0 Å². The molecule has 4 aromatic rings. The van der Waals surface area contributed by atoms with Gasteiger partial charge in [-0.05, 0) is 72.1 Å². The van der Waals surface area contributed by atoms with Gasteiger partial charge in [0.15, 0.2) is 0 Å². The molecule has 4 atom stereocenters. The van der Waals surface area contributed by atoms with Gasteiger partial charge in [0.1, 0.15) is 18.5 Å². The Bertz CT molecular complexity index is 1550. The molecule has 0 bridgehead atoms. The van der Waals surface area contributed by atoms with E-state index in [0.717, 1.165) is 66.4 Å². The minimum Gasteiger partial charge on any atom is -0.377 e. The largest absolute Gasteiger partial charge is 0.377 e. The SMILES string of the molecule is C=CCOCCCCc1ccc(Cc2cc([C@]3(OC)O[C@H](C=O)C[C@H](OCc4ccccc4)C3OCc3ccccc3)ccc2C)cc1. The number of ether oxygens (including phenoxy) is 5. The first kappa shape index (κ1) is 35.4. The van der Waals surface area contributed by atoms with Crippen molar-refractivity contribution in [2.24, 2.45) is 0 Å². The quantitative estimate of drug-likeness (QED) is 0.0618. The molecule has 4 aromatic carbocycles. The van der Waals surface area contributed by atoms with Gasteiger partial charge in [-0.2, -0.15) is 0 Å². The van der Waals surface area contributed by atoms with Gasteiger partial charge in [-0.1, -0.05) is 103 Å². The van der Waals surface area contributed by atoms with Gasteiger partial charge in [0.25, 0.3) is 0 Å². The summed E-state index contributed by atoms with van der Waals surface area (Å²) in [6.45, 7) is 7.89. The average Bonchev–Trinajstić information content (AvgIpc) is 3.13. The van der Waals surface area contributed by atoms with Crippen LogP contribution < -0.4 is 0 Å². The highest BCUT2D eigenvalue weighted by Crippen LogP contribution is 2.43. The lowest BCUT2D eigenvalue weighted by molar-refractivity contribution is -0.349. The smallest absolute Gasteiger partial charge is 0.225 e. The van der Waals surface area contributed by atoms with E-state index in [1.54, 1.807) is 13.2 Å². The molecule has 1 saturated heterocycles. The Morgan fingerprint density at radius 2 is 1.50 bits per heavy atom. The molecule has 0 aliphatic carbocycles. The van der Waals surface area contributed by atoms with Gasteiger partial charge in [-0.25, -0.2) is 0 Å². The highest BCUT2D eigenvalue weighted by Gasteiger charge is 2.54. The predicted octanol–water partition coefficient (Wildman–Crippen LogP) is 8.07. The standard InChI is InChI=1S/C42H48O6/c1-4-24-45-25-12-11-13-33-19-21-34(22-20-33)26-37-27-38(23-18-32(37)2)42(44-3)41(47-31-36-16-9-6-10-17-36)40(28-39(29-43)48-42)46-30-35-14-7-5-8-15-35/h4-10,14-23,27,29,39-41H,1,11-13,24-26,28,30-31H2,2-3H3/t39-,40-,41?,42-/m0/s1. The summed E-state index contributed by atoms with van der Waals surface area (Å²) in [7, 11) is 1.62. The maximum Gasteiger partial charge on any atom is 0.225 e. The van der Waals surface area contributed by atoms with Crippen molar-refractivity contribution in [3.05, 3.63) is 155 Å². The third-order valence-electron chi connectivity index (χ3n) is 8.95. The van der Waals surface area contributed by atoms with Crippen molar-refractivity contribution < 1.29 is 28.5 Å². The van der Waals surface area contributed by atoms with Gasteiger partial charge in [0.2, 0.25) is 5.79 Å². The fraction of sp³-hybridized carbons (Fsp3) is 0.357. The van der Waals surface area contributed by atoms with E-state index in [4.69, 9.17) is 23.7 Å². The summed E-state index contributed by atoms with van der Waals surface area (Å²) in [6.07, 6.45) is 5.01. The zero-order chi connectivity index (χ0) is 33.6. The van der Waals surface area contributed by atoms with E-state index in [1.807, 2.05) is 66.7 Å². The zero-order valence-corrected chi connectivity index (χ0v) is 28.2. The molecule has 48 heavy (non-hydrogen) atoms. The first-order valence-corrected chi connectivity index (χ1v) is 16.9. The second-order valence-electron chi connectivity index (χ2n) is 12.4. The van der Waals surface area contributed by atoms with Crippen molar-refractivity contribution in [2.45, 2.75) is 76.3 Å². The summed E-state index contributed by atoms with van der Waals surface area (Å²) in [5, 5.41) is 0. The summed E-state index contributed by atoms with van der Waals surface area (Å²) >= 11 is 0. The lowest BCUT2D eigenvalue weighted by Crippen LogP contribution is -2.59. The molecule has 5 rings (SSSR count). The van der Waals surface area contributed by atoms with E-state index in [0.29, 0.717) is 26.2 Å². The van der Waals surface area contributed by atoms with E-state index >= 15 is 0 Å². The van der Waals surface area contributed by atoms with Gasteiger partial charge >= 0.3 is 0 Å². The van der Waals surface area contributed by atoms with E-state index in [2.05, 4.69) is 49.9 Å². The molecule has 0 amide bonds. The number of hydrogen-bond donors (Lipinski definition) is 0. The molecule has 252 valence electrons. The van der Waals surface area contributed by atoms with Crippen molar-refractivity contribution >= 4 is 6.29 Å². The van der Waals surface area contributed by atoms with E-state index in [1.165, 1.54) is 11.1 Å². The molecule has 0 aromatic heterocycles. The fourth-order valence-corrected chi connectivity index (χ4v) is 6.27. The molecule has 6 nitrogen and oxygen atoms in total. The summed E-state index contributed by atoms with van der Waals surface area (Å²) in [6, 6.07) is 35.1. The Morgan fingerprint density at radius 3 is 2.15 bits per heavy atom. The van der Waals surface area contributed by atoms with Crippen LogP contribution >= 0.6 is 0 Å². The molecule has 0 radical (unpaired) electrons. The summed E-state index contributed by atoms with van der Waals surface area (Å²) in [5.74, 6) is -1.37. The molecule has 6 heteroatoms. The number of benzene rings is 4. The molecule has 1 fully saturated rings. The molecular formula is C42H48O6. The Labute approximate surface area is 285 Å². The zero-order valence-electron chi connectivity index (χ0n) is 28.2. The molecule has 1 aliphatic rings. The van der Waals surface area contributed by atoms with Gasteiger partial charge in [0, 0.05) is 25.7 Å². The van der Waals surface area contributed by atoms with Crippen LogP contribution in [-0.4, -0.2) is 44.9 Å². The number of carbonyl (C=O) groups is 1. The molecule has 1 unspecified atom stereocenters. The van der Waals surface area contributed by atoms with Crippen LogP contribution in [0.5, 0.6) is 0 Å². The van der Waals surface area contributed by atoms with E-state index < -0.39 is 24.1 Å². The van der Waals surface area contributed by atoms with Crippen molar-refractivity contribution in [2.75, 3.05) is 20.3 Å².